The average Bonchev–Trinajstić information content (AvgIpc) is 3.06. The maximum atomic E-state index is 12.2. The highest BCUT2D eigenvalue weighted by Gasteiger charge is 2.14. The molecule has 0 fully saturated rings. The van der Waals surface area contributed by atoms with Crippen LogP contribution in [0, 0.1) is 20.2 Å². The predicted molar refractivity (Wildman–Crippen MR) is 102 cm³/mol. The van der Waals surface area contributed by atoms with E-state index in [1.54, 1.807) is 6.07 Å². The molecular formula is C16H9ClN4O5S. The molecule has 0 bridgehead atoms. The number of hydrogen-bond donors (Lipinski definition) is 1. The van der Waals surface area contributed by atoms with Gasteiger partial charge in [0.25, 0.3) is 17.3 Å². The molecule has 0 saturated heterocycles. The minimum Gasteiger partial charge on any atom is -0.266 e. The number of nitrogens with zero attached hydrogens (tertiary/aromatic N) is 3. The zero-order chi connectivity index (χ0) is 19.6. The van der Waals surface area contributed by atoms with Crippen molar-refractivity contribution in [1.29, 1.82) is 0 Å². The topological polar surface area (TPSA) is 128 Å². The maximum absolute atomic E-state index is 12.2. The fourth-order valence-electron chi connectivity index (χ4n) is 2.23. The minimum atomic E-state index is -0.616. The number of amides is 1. The Morgan fingerprint density at radius 1 is 1.11 bits per heavy atom. The molecule has 0 aliphatic heterocycles. The average molecular weight is 405 g/mol. The summed E-state index contributed by atoms with van der Waals surface area (Å²) in [6.07, 6.45) is 1.25. The van der Waals surface area contributed by atoms with Crippen molar-refractivity contribution in [3.05, 3.63) is 78.2 Å². The minimum absolute atomic E-state index is 0.000514. The molecule has 1 amide bonds. The molecule has 1 heterocycles. The third-order valence-electron chi connectivity index (χ3n) is 3.48. The van der Waals surface area contributed by atoms with Crippen molar-refractivity contribution < 1.29 is 14.6 Å². The van der Waals surface area contributed by atoms with Crippen LogP contribution >= 0.6 is 22.9 Å². The van der Waals surface area contributed by atoms with Crippen molar-refractivity contribution in [2.45, 2.75) is 0 Å². The zero-order valence-electron chi connectivity index (χ0n) is 13.3. The van der Waals surface area contributed by atoms with Crippen LogP contribution in [-0.2, 0) is 0 Å². The first-order valence-electron chi connectivity index (χ1n) is 7.30. The summed E-state index contributed by atoms with van der Waals surface area (Å²) >= 11 is 6.89. The standard InChI is InChI=1S/C16H9ClN4O5S/c17-12-3-1-9(5-13(12)21(25)26)8-18-19-16(22)15-7-10-6-11(20(23)24)2-4-14(10)27-15/h1-8H,(H,19,22). The number of nitro benzene ring substituents is 2. The summed E-state index contributed by atoms with van der Waals surface area (Å²) in [4.78, 5) is 33.0. The number of hydrazone groups is 1. The number of non-ortho nitro benzene ring substituents is 1. The van der Waals surface area contributed by atoms with Gasteiger partial charge in [0.05, 0.1) is 20.9 Å². The highest BCUT2D eigenvalue weighted by atomic mass is 35.5. The largest absolute Gasteiger partial charge is 0.288 e. The Morgan fingerprint density at radius 2 is 1.89 bits per heavy atom. The second-order valence-electron chi connectivity index (χ2n) is 5.26. The van der Waals surface area contributed by atoms with Gasteiger partial charge < -0.3 is 0 Å². The van der Waals surface area contributed by atoms with Crippen molar-refractivity contribution in [2.24, 2.45) is 5.10 Å². The van der Waals surface area contributed by atoms with E-state index in [0.29, 0.717) is 15.8 Å². The molecule has 3 rings (SSSR count). The van der Waals surface area contributed by atoms with E-state index in [9.17, 15) is 25.0 Å². The summed E-state index contributed by atoms with van der Waals surface area (Å²) in [6.45, 7) is 0. The van der Waals surface area contributed by atoms with Crippen LogP contribution in [0.5, 0.6) is 0 Å². The van der Waals surface area contributed by atoms with Gasteiger partial charge >= 0.3 is 0 Å². The van der Waals surface area contributed by atoms with Crippen molar-refractivity contribution in [1.82, 2.24) is 5.43 Å². The Balaban J connectivity index is 1.75. The van der Waals surface area contributed by atoms with Crippen LogP contribution in [0.4, 0.5) is 11.4 Å². The van der Waals surface area contributed by atoms with Crippen molar-refractivity contribution in [3.63, 3.8) is 0 Å². The number of benzene rings is 2. The number of nitro groups is 2. The smallest absolute Gasteiger partial charge is 0.266 e. The normalized spacial score (nSPS) is 11.0. The maximum Gasteiger partial charge on any atom is 0.288 e. The lowest BCUT2D eigenvalue weighted by Gasteiger charge is -1.98. The van der Waals surface area contributed by atoms with E-state index < -0.39 is 15.8 Å². The molecule has 2 aromatic carbocycles. The van der Waals surface area contributed by atoms with Crippen molar-refractivity contribution in [3.8, 4) is 0 Å². The van der Waals surface area contributed by atoms with E-state index in [1.165, 1.54) is 53.9 Å². The van der Waals surface area contributed by atoms with E-state index in [0.717, 1.165) is 4.70 Å². The van der Waals surface area contributed by atoms with Crippen LogP contribution in [-0.4, -0.2) is 22.0 Å². The van der Waals surface area contributed by atoms with Crippen LogP contribution < -0.4 is 5.43 Å². The Bertz CT molecular complexity index is 1110. The van der Waals surface area contributed by atoms with E-state index in [4.69, 9.17) is 11.6 Å². The van der Waals surface area contributed by atoms with Gasteiger partial charge in [-0.25, -0.2) is 5.43 Å². The Hall–Kier alpha value is -3.37. The van der Waals surface area contributed by atoms with E-state index >= 15 is 0 Å². The zero-order valence-corrected chi connectivity index (χ0v) is 14.9. The molecule has 0 atom stereocenters. The molecule has 0 radical (unpaired) electrons. The molecule has 0 spiro atoms. The Morgan fingerprint density at radius 3 is 2.59 bits per heavy atom. The second kappa shape index (κ2) is 7.48. The monoisotopic (exact) mass is 404 g/mol. The molecular weight excluding hydrogens is 396 g/mol. The molecule has 27 heavy (non-hydrogen) atoms. The van der Waals surface area contributed by atoms with Gasteiger partial charge in [-0.3, -0.25) is 25.0 Å². The van der Waals surface area contributed by atoms with E-state index in [-0.39, 0.29) is 16.4 Å². The van der Waals surface area contributed by atoms with Crippen molar-refractivity contribution in [2.75, 3.05) is 0 Å². The Labute approximate surface area is 160 Å². The lowest BCUT2D eigenvalue weighted by atomic mass is 10.2. The van der Waals surface area contributed by atoms with Gasteiger partial charge in [-0.15, -0.1) is 11.3 Å². The molecule has 0 aliphatic rings. The number of thiophene rings is 1. The van der Waals surface area contributed by atoms with Gasteiger partial charge in [0, 0.05) is 33.8 Å². The third-order valence-corrected chi connectivity index (χ3v) is 4.92. The summed E-state index contributed by atoms with van der Waals surface area (Å²) in [5.74, 6) is -0.501. The quantitative estimate of drug-likeness (QED) is 0.388. The van der Waals surface area contributed by atoms with Crippen LogP contribution in [0.3, 0.4) is 0 Å². The molecule has 1 aromatic heterocycles. The molecule has 11 heteroatoms. The number of rotatable bonds is 5. The molecule has 9 nitrogen and oxygen atoms in total. The van der Waals surface area contributed by atoms with Gasteiger partial charge in [-0.2, -0.15) is 5.10 Å². The fraction of sp³-hybridized carbons (Fsp3) is 0. The first kappa shape index (κ1) is 18.4. The highest BCUT2D eigenvalue weighted by Crippen LogP contribution is 2.29. The van der Waals surface area contributed by atoms with Crippen LogP contribution in [0.15, 0.2) is 47.6 Å². The fourth-order valence-corrected chi connectivity index (χ4v) is 3.35. The first-order valence-corrected chi connectivity index (χ1v) is 8.50. The third kappa shape index (κ3) is 4.07. The van der Waals surface area contributed by atoms with Gasteiger partial charge in [0.15, 0.2) is 0 Å². The van der Waals surface area contributed by atoms with Crippen molar-refractivity contribution >= 4 is 56.5 Å². The number of nitrogens with one attached hydrogen (secondary N) is 1. The van der Waals surface area contributed by atoms with Crippen LogP contribution in [0.25, 0.3) is 10.1 Å². The summed E-state index contributed by atoms with van der Waals surface area (Å²) in [7, 11) is 0. The summed E-state index contributed by atoms with van der Waals surface area (Å²) in [6, 6.07) is 9.97. The summed E-state index contributed by atoms with van der Waals surface area (Å²) in [5, 5.41) is 26.0. The summed E-state index contributed by atoms with van der Waals surface area (Å²) in [5.41, 5.74) is 2.37. The lowest BCUT2D eigenvalue weighted by molar-refractivity contribution is -0.384. The van der Waals surface area contributed by atoms with Gasteiger partial charge in [-0.1, -0.05) is 17.7 Å². The van der Waals surface area contributed by atoms with Gasteiger partial charge in [0.2, 0.25) is 0 Å². The van der Waals surface area contributed by atoms with Gasteiger partial charge in [0.1, 0.15) is 5.02 Å². The molecule has 1 N–H and O–H groups in total. The van der Waals surface area contributed by atoms with E-state index in [2.05, 4.69) is 10.5 Å². The number of carbonyl (C=O) groups excluding carboxylic acids is 1. The molecule has 136 valence electrons. The lowest BCUT2D eigenvalue weighted by Crippen LogP contribution is -2.16. The number of carbonyl (C=O) groups is 1. The Kier molecular flexibility index (Phi) is 5.10. The SMILES string of the molecule is O=C(NN=Cc1ccc(Cl)c([N+](=O)[O-])c1)c1cc2cc([N+](=O)[O-])ccc2s1. The molecule has 0 aliphatic carbocycles. The predicted octanol–water partition coefficient (Wildman–Crippen LogP) is 4.14. The number of fused-ring (bicyclic) bond motifs is 1. The second-order valence-corrected chi connectivity index (χ2v) is 6.75. The first-order chi connectivity index (χ1) is 12.8. The van der Waals surface area contributed by atoms with Crippen LogP contribution in [0.2, 0.25) is 5.02 Å². The summed E-state index contributed by atoms with van der Waals surface area (Å²) < 4.78 is 0.725. The van der Waals surface area contributed by atoms with Gasteiger partial charge in [-0.05, 0) is 18.2 Å². The molecule has 0 unspecified atom stereocenters. The highest BCUT2D eigenvalue weighted by molar-refractivity contribution is 7.20. The number of hydrogen-bond acceptors (Lipinski definition) is 7. The molecule has 3 aromatic rings. The molecule has 0 saturated carbocycles. The van der Waals surface area contributed by atoms with E-state index in [1.807, 2.05) is 0 Å². The van der Waals surface area contributed by atoms with Crippen LogP contribution in [0.1, 0.15) is 15.2 Å². The number of halogens is 1.